The van der Waals surface area contributed by atoms with E-state index in [9.17, 15) is 5.11 Å². The van der Waals surface area contributed by atoms with Gasteiger partial charge < -0.3 is 5.11 Å². The average molecular weight is 261 g/mol. The molecule has 0 unspecified atom stereocenters. The second-order valence-electron chi connectivity index (χ2n) is 5.47. The molecule has 0 aromatic heterocycles. The molecule has 0 spiro atoms. The maximum atomic E-state index is 9.61. The minimum atomic E-state index is 0.120. The Labute approximate surface area is 113 Å². The molecular weight excluding hydrogens is 244 g/mol. The highest BCUT2D eigenvalue weighted by Crippen LogP contribution is 2.35. The number of phenols is 1. The van der Waals surface area contributed by atoms with Crippen LogP contribution in [0.4, 0.5) is 0 Å². The minimum absolute atomic E-state index is 0.120. The van der Waals surface area contributed by atoms with Crippen LogP contribution >= 0.6 is 11.6 Å². The van der Waals surface area contributed by atoms with Crippen molar-refractivity contribution in [2.75, 3.05) is 0 Å². The monoisotopic (exact) mass is 260 g/mol. The summed E-state index contributed by atoms with van der Waals surface area (Å²) in [6, 6.07) is 13.6. The molecule has 0 radical (unpaired) electrons. The van der Waals surface area contributed by atoms with Crippen molar-refractivity contribution < 1.29 is 5.11 Å². The Bertz CT molecular complexity index is 550. The van der Waals surface area contributed by atoms with Crippen molar-refractivity contribution in [2.45, 2.75) is 26.2 Å². The van der Waals surface area contributed by atoms with Crippen LogP contribution in [0.2, 0.25) is 5.02 Å². The highest BCUT2D eigenvalue weighted by atomic mass is 35.5. The Hall–Kier alpha value is -1.47. The van der Waals surface area contributed by atoms with Gasteiger partial charge in [0.05, 0.1) is 5.02 Å². The summed E-state index contributed by atoms with van der Waals surface area (Å²) in [5, 5.41) is 10.0. The van der Waals surface area contributed by atoms with Crippen molar-refractivity contribution >= 4 is 11.6 Å². The first-order chi connectivity index (χ1) is 8.39. The number of halogens is 1. The number of hydrogen-bond donors (Lipinski definition) is 1. The lowest BCUT2D eigenvalue weighted by Crippen LogP contribution is -2.10. The molecule has 0 aliphatic rings. The summed E-state index contributed by atoms with van der Waals surface area (Å²) in [4.78, 5) is 0. The van der Waals surface area contributed by atoms with Gasteiger partial charge in [0.2, 0.25) is 0 Å². The van der Waals surface area contributed by atoms with Crippen molar-refractivity contribution in [1.82, 2.24) is 0 Å². The molecule has 2 aromatic carbocycles. The molecule has 0 bridgehead atoms. The predicted molar refractivity (Wildman–Crippen MR) is 77.3 cm³/mol. The van der Waals surface area contributed by atoms with E-state index in [4.69, 9.17) is 11.6 Å². The van der Waals surface area contributed by atoms with Crippen LogP contribution < -0.4 is 0 Å². The summed E-state index contributed by atoms with van der Waals surface area (Å²) >= 11 is 6.11. The number of phenolic OH excluding ortho intramolecular Hbond substituents is 1. The zero-order valence-electron chi connectivity index (χ0n) is 10.9. The van der Waals surface area contributed by atoms with Crippen molar-refractivity contribution in [1.29, 1.82) is 0 Å². The maximum Gasteiger partial charge on any atom is 0.134 e. The van der Waals surface area contributed by atoms with E-state index < -0.39 is 0 Å². The molecule has 0 saturated heterocycles. The van der Waals surface area contributed by atoms with Gasteiger partial charge in [-0.1, -0.05) is 68.8 Å². The van der Waals surface area contributed by atoms with Crippen molar-refractivity contribution in [2.24, 2.45) is 0 Å². The molecule has 0 fully saturated rings. The molecule has 94 valence electrons. The third-order valence-electron chi connectivity index (χ3n) is 3.04. The molecule has 2 rings (SSSR count). The molecule has 2 aromatic rings. The molecule has 1 nitrogen and oxygen atoms in total. The van der Waals surface area contributed by atoms with E-state index >= 15 is 0 Å². The first-order valence-corrected chi connectivity index (χ1v) is 6.36. The average Bonchev–Trinajstić information content (AvgIpc) is 2.32. The lowest BCUT2D eigenvalue weighted by atomic mass is 9.86. The number of benzene rings is 2. The van der Waals surface area contributed by atoms with Gasteiger partial charge in [0, 0.05) is 5.56 Å². The zero-order valence-corrected chi connectivity index (χ0v) is 11.6. The van der Waals surface area contributed by atoms with Crippen molar-refractivity contribution in [3.8, 4) is 16.9 Å². The van der Waals surface area contributed by atoms with Gasteiger partial charge in [-0.25, -0.2) is 0 Å². The van der Waals surface area contributed by atoms with E-state index in [-0.39, 0.29) is 11.2 Å². The summed E-state index contributed by atoms with van der Waals surface area (Å²) in [6.45, 7) is 6.55. The number of rotatable bonds is 1. The fraction of sp³-hybridized carbons (Fsp3) is 0.250. The van der Waals surface area contributed by atoms with Crippen molar-refractivity contribution in [3.63, 3.8) is 0 Å². The topological polar surface area (TPSA) is 20.2 Å². The molecule has 0 saturated carbocycles. The van der Waals surface area contributed by atoms with Gasteiger partial charge in [-0.2, -0.15) is 0 Å². The van der Waals surface area contributed by atoms with Gasteiger partial charge in [-0.05, 0) is 22.6 Å². The summed E-state index contributed by atoms with van der Waals surface area (Å²) < 4.78 is 0. The Balaban J connectivity index is 2.44. The van der Waals surface area contributed by atoms with E-state index in [1.54, 1.807) is 12.1 Å². The largest absolute Gasteiger partial charge is 0.506 e. The van der Waals surface area contributed by atoms with Crippen molar-refractivity contribution in [3.05, 3.63) is 53.1 Å². The van der Waals surface area contributed by atoms with Gasteiger partial charge in [0.15, 0.2) is 0 Å². The second-order valence-corrected chi connectivity index (χ2v) is 5.84. The van der Waals surface area contributed by atoms with Crippen LogP contribution in [0.25, 0.3) is 11.1 Å². The van der Waals surface area contributed by atoms with E-state index in [1.807, 2.05) is 18.2 Å². The molecule has 0 aliphatic carbocycles. The molecule has 1 N–H and O–H groups in total. The summed E-state index contributed by atoms with van der Waals surface area (Å²) in [5.41, 5.74) is 3.30. The summed E-state index contributed by atoms with van der Waals surface area (Å²) in [5.74, 6) is 0.120. The lowest BCUT2D eigenvalue weighted by Gasteiger charge is -2.19. The van der Waals surface area contributed by atoms with Crippen LogP contribution in [0.3, 0.4) is 0 Å². The van der Waals surface area contributed by atoms with E-state index in [0.29, 0.717) is 5.02 Å². The molecule has 0 heterocycles. The minimum Gasteiger partial charge on any atom is -0.506 e. The lowest BCUT2D eigenvalue weighted by molar-refractivity contribution is 0.476. The van der Waals surface area contributed by atoms with Crippen LogP contribution in [0, 0.1) is 0 Å². The predicted octanol–water partition coefficient (Wildman–Crippen LogP) is 5.01. The molecule has 0 atom stereocenters. The van der Waals surface area contributed by atoms with Crippen LogP contribution in [0.5, 0.6) is 5.75 Å². The normalized spacial score (nSPS) is 11.6. The van der Waals surface area contributed by atoms with E-state index in [2.05, 4.69) is 32.9 Å². The SMILES string of the molecule is CC(C)(C)c1ccc(-c2cccc(O)c2Cl)cc1. The first kappa shape index (κ1) is 13.0. The molecular formula is C16H17ClO. The summed E-state index contributed by atoms with van der Waals surface area (Å²) in [6.07, 6.45) is 0. The van der Waals surface area contributed by atoms with E-state index in [0.717, 1.165) is 11.1 Å². The van der Waals surface area contributed by atoms with Crippen LogP contribution in [-0.2, 0) is 5.41 Å². The van der Waals surface area contributed by atoms with Gasteiger partial charge >= 0.3 is 0 Å². The third kappa shape index (κ3) is 2.51. The molecule has 0 aliphatic heterocycles. The van der Waals surface area contributed by atoms with Crippen LogP contribution in [0.1, 0.15) is 26.3 Å². The Morgan fingerprint density at radius 3 is 2.11 bits per heavy atom. The Morgan fingerprint density at radius 2 is 1.56 bits per heavy atom. The molecule has 0 amide bonds. The van der Waals surface area contributed by atoms with Gasteiger partial charge in [-0.15, -0.1) is 0 Å². The standard InChI is InChI=1S/C16H17ClO/c1-16(2,3)12-9-7-11(8-10-12)13-5-4-6-14(18)15(13)17/h4-10,18H,1-3H3. The smallest absolute Gasteiger partial charge is 0.134 e. The highest BCUT2D eigenvalue weighted by Gasteiger charge is 2.14. The fourth-order valence-electron chi connectivity index (χ4n) is 1.89. The number of aromatic hydroxyl groups is 1. The van der Waals surface area contributed by atoms with Gasteiger partial charge in [0.25, 0.3) is 0 Å². The number of hydrogen-bond acceptors (Lipinski definition) is 1. The highest BCUT2D eigenvalue weighted by molar-refractivity contribution is 6.34. The zero-order chi connectivity index (χ0) is 13.3. The Kier molecular flexibility index (Phi) is 3.36. The second kappa shape index (κ2) is 4.66. The first-order valence-electron chi connectivity index (χ1n) is 5.98. The quantitative estimate of drug-likeness (QED) is 0.764. The fourth-order valence-corrected chi connectivity index (χ4v) is 2.13. The molecule has 18 heavy (non-hydrogen) atoms. The van der Waals surface area contributed by atoms with Gasteiger partial charge in [-0.3, -0.25) is 0 Å². The molecule has 2 heteroatoms. The van der Waals surface area contributed by atoms with Gasteiger partial charge in [0.1, 0.15) is 5.75 Å². The Morgan fingerprint density at radius 1 is 0.944 bits per heavy atom. The van der Waals surface area contributed by atoms with Crippen LogP contribution in [-0.4, -0.2) is 5.11 Å². The third-order valence-corrected chi connectivity index (χ3v) is 3.44. The van der Waals surface area contributed by atoms with E-state index in [1.165, 1.54) is 5.56 Å². The summed E-state index contributed by atoms with van der Waals surface area (Å²) in [7, 11) is 0. The van der Waals surface area contributed by atoms with Crippen LogP contribution in [0.15, 0.2) is 42.5 Å². The maximum absolute atomic E-state index is 9.61.